The largest absolute Gasteiger partial charge is 0.468 e. The number of carbonyl (C=O) groups is 1. The Morgan fingerprint density at radius 2 is 1.71 bits per heavy atom. The molecule has 0 radical (unpaired) electrons. The van der Waals surface area contributed by atoms with Crippen molar-refractivity contribution < 1.29 is 17.9 Å². The van der Waals surface area contributed by atoms with E-state index in [4.69, 9.17) is 4.74 Å². The van der Waals surface area contributed by atoms with Crippen LogP contribution < -0.4 is 10.1 Å². The van der Waals surface area contributed by atoms with Crippen LogP contribution >= 0.6 is 0 Å². The van der Waals surface area contributed by atoms with Crippen LogP contribution in [0.2, 0.25) is 0 Å². The average molecular weight is 400 g/mol. The Hall–Kier alpha value is -2.34. The van der Waals surface area contributed by atoms with Gasteiger partial charge >= 0.3 is 0 Å². The first-order valence-electron chi connectivity index (χ1n) is 9.46. The predicted molar refractivity (Wildman–Crippen MR) is 107 cm³/mol. The fraction of sp³-hybridized carbons (Fsp3) is 0.409. The summed E-state index contributed by atoms with van der Waals surface area (Å²) >= 11 is 0. The zero-order valence-electron chi connectivity index (χ0n) is 16.5. The van der Waals surface area contributed by atoms with E-state index in [2.05, 4.69) is 26.1 Å². The van der Waals surface area contributed by atoms with Gasteiger partial charge in [0, 0.05) is 12.3 Å². The van der Waals surface area contributed by atoms with Crippen LogP contribution in [0.1, 0.15) is 51.2 Å². The van der Waals surface area contributed by atoms with Gasteiger partial charge in [0.25, 0.3) is 0 Å². The van der Waals surface area contributed by atoms with E-state index >= 15 is 0 Å². The first-order valence-corrected chi connectivity index (χ1v) is 11.0. The van der Waals surface area contributed by atoms with Crippen molar-refractivity contribution in [1.82, 2.24) is 5.32 Å². The van der Waals surface area contributed by atoms with Gasteiger partial charge in [-0.2, -0.15) is 0 Å². The van der Waals surface area contributed by atoms with E-state index in [-0.39, 0.29) is 10.3 Å². The molecule has 2 aliphatic heterocycles. The van der Waals surface area contributed by atoms with E-state index < -0.39 is 32.6 Å². The molecule has 0 aliphatic carbocycles. The summed E-state index contributed by atoms with van der Waals surface area (Å²) < 4.78 is 32.9. The molecule has 1 saturated heterocycles. The van der Waals surface area contributed by atoms with Crippen molar-refractivity contribution in [3.8, 4) is 5.75 Å². The molecule has 4 rings (SSSR count). The molecular weight excluding hydrogens is 374 g/mol. The van der Waals surface area contributed by atoms with E-state index in [1.54, 1.807) is 19.1 Å². The van der Waals surface area contributed by atoms with Crippen LogP contribution in [0, 0.1) is 0 Å². The van der Waals surface area contributed by atoms with Gasteiger partial charge < -0.3 is 10.1 Å². The zero-order valence-corrected chi connectivity index (χ0v) is 17.3. The number of hydrogen-bond donors (Lipinski definition) is 1. The Morgan fingerprint density at radius 3 is 2.36 bits per heavy atom. The summed E-state index contributed by atoms with van der Waals surface area (Å²) in [5, 5.41) is 1.61. The highest BCUT2D eigenvalue weighted by molar-refractivity contribution is 7.92. The second-order valence-corrected chi connectivity index (χ2v) is 11.0. The van der Waals surface area contributed by atoms with Gasteiger partial charge in [0.1, 0.15) is 5.75 Å². The first-order chi connectivity index (χ1) is 13.0. The molecule has 0 saturated carbocycles. The zero-order chi connectivity index (χ0) is 20.3. The van der Waals surface area contributed by atoms with Crippen molar-refractivity contribution in [2.75, 3.05) is 0 Å². The standard InChI is InChI=1S/C22H25NO4S/c1-21(2,3)14-9-11-15(12-10-14)28(25,26)19-17-13-22(4,23-20(19)24)27-18-8-6-5-7-16(17)18/h5-12,17,19H,13H2,1-4H3,(H,23,24)/t17-,19+,22-/m0/s1. The SMILES string of the molecule is CC(C)(C)c1ccc(S(=O)(=O)[C@H]2C(=O)N[C@]3(C)C[C@H]2c2ccccc2O3)cc1. The van der Waals surface area contributed by atoms with E-state index in [0.29, 0.717) is 12.2 Å². The maximum absolute atomic E-state index is 13.5. The van der Waals surface area contributed by atoms with Gasteiger partial charge in [-0.15, -0.1) is 0 Å². The third-order valence-electron chi connectivity index (χ3n) is 5.66. The minimum atomic E-state index is -3.86. The monoisotopic (exact) mass is 399 g/mol. The van der Waals surface area contributed by atoms with Crippen molar-refractivity contribution in [3.63, 3.8) is 0 Å². The van der Waals surface area contributed by atoms with Crippen LogP contribution in [0.5, 0.6) is 5.75 Å². The number of amides is 1. The van der Waals surface area contributed by atoms with Crippen LogP contribution in [0.3, 0.4) is 0 Å². The number of rotatable bonds is 2. The van der Waals surface area contributed by atoms with Gasteiger partial charge in [0.2, 0.25) is 5.91 Å². The Kier molecular flexibility index (Phi) is 4.12. The van der Waals surface area contributed by atoms with Gasteiger partial charge in [0.05, 0.1) is 4.90 Å². The number of para-hydroxylation sites is 1. The lowest BCUT2D eigenvalue weighted by Crippen LogP contribution is -2.63. The van der Waals surface area contributed by atoms with E-state index in [1.165, 1.54) is 0 Å². The molecule has 148 valence electrons. The Balaban J connectivity index is 1.79. The van der Waals surface area contributed by atoms with Crippen LogP contribution in [0.15, 0.2) is 53.4 Å². The number of nitrogens with one attached hydrogen (secondary N) is 1. The van der Waals surface area contributed by atoms with E-state index in [0.717, 1.165) is 11.1 Å². The molecule has 28 heavy (non-hydrogen) atoms. The number of hydrogen-bond acceptors (Lipinski definition) is 4. The van der Waals surface area contributed by atoms with Crippen molar-refractivity contribution in [2.45, 2.75) is 61.3 Å². The highest BCUT2D eigenvalue weighted by Crippen LogP contribution is 2.47. The lowest BCUT2D eigenvalue weighted by molar-refractivity contribution is -0.132. The summed E-state index contributed by atoms with van der Waals surface area (Å²) in [4.78, 5) is 13.1. The Bertz CT molecular complexity index is 1040. The lowest BCUT2D eigenvalue weighted by atomic mass is 9.81. The second kappa shape index (κ2) is 6.08. The third-order valence-corrected chi connectivity index (χ3v) is 7.80. The van der Waals surface area contributed by atoms with Crippen molar-refractivity contribution >= 4 is 15.7 Å². The molecule has 2 heterocycles. The highest BCUT2D eigenvalue weighted by Gasteiger charge is 2.54. The maximum atomic E-state index is 13.5. The molecule has 1 N–H and O–H groups in total. The lowest BCUT2D eigenvalue weighted by Gasteiger charge is -2.46. The summed E-state index contributed by atoms with van der Waals surface area (Å²) in [6.07, 6.45) is 0.416. The second-order valence-electron chi connectivity index (χ2n) is 8.91. The fourth-order valence-electron chi connectivity index (χ4n) is 4.20. The topological polar surface area (TPSA) is 72.5 Å². The molecule has 0 spiro atoms. The quantitative estimate of drug-likeness (QED) is 0.838. The predicted octanol–water partition coefficient (Wildman–Crippen LogP) is 3.54. The molecule has 6 heteroatoms. The van der Waals surface area contributed by atoms with Crippen molar-refractivity contribution in [2.24, 2.45) is 0 Å². The highest BCUT2D eigenvalue weighted by atomic mass is 32.2. The molecule has 2 aliphatic rings. The maximum Gasteiger partial charge on any atom is 0.242 e. The summed E-state index contributed by atoms with van der Waals surface area (Å²) in [6.45, 7) is 8.01. The molecule has 2 aromatic carbocycles. The summed E-state index contributed by atoms with van der Waals surface area (Å²) in [7, 11) is -3.86. The summed E-state index contributed by atoms with van der Waals surface area (Å²) in [6, 6.07) is 14.2. The number of carbonyl (C=O) groups excluding carboxylic acids is 1. The summed E-state index contributed by atoms with van der Waals surface area (Å²) in [5.41, 5.74) is 0.850. The molecule has 0 unspecified atom stereocenters. The van der Waals surface area contributed by atoms with Crippen molar-refractivity contribution in [3.05, 3.63) is 59.7 Å². The van der Waals surface area contributed by atoms with Gasteiger partial charge in [0.15, 0.2) is 20.8 Å². The van der Waals surface area contributed by atoms with Crippen LogP contribution in [-0.2, 0) is 20.0 Å². The van der Waals surface area contributed by atoms with E-state index in [9.17, 15) is 13.2 Å². The van der Waals surface area contributed by atoms with Gasteiger partial charge in [-0.25, -0.2) is 8.42 Å². The molecule has 2 aromatic rings. The summed E-state index contributed by atoms with van der Waals surface area (Å²) in [5.74, 6) is -0.325. The Labute approximate surface area is 166 Å². The number of ether oxygens (including phenoxy) is 1. The molecule has 3 atom stereocenters. The molecule has 5 nitrogen and oxygen atoms in total. The third kappa shape index (κ3) is 3.00. The Morgan fingerprint density at radius 1 is 1.07 bits per heavy atom. The number of piperidine rings is 1. The molecule has 2 bridgehead atoms. The number of sulfone groups is 1. The van der Waals surface area contributed by atoms with Crippen LogP contribution in [-0.4, -0.2) is 25.3 Å². The van der Waals surface area contributed by atoms with Crippen LogP contribution in [0.4, 0.5) is 0 Å². The molecule has 0 aromatic heterocycles. The number of fused-ring (bicyclic) bond motifs is 4. The van der Waals surface area contributed by atoms with Crippen LogP contribution in [0.25, 0.3) is 0 Å². The van der Waals surface area contributed by atoms with Gasteiger partial charge in [-0.05, 0) is 41.7 Å². The van der Waals surface area contributed by atoms with Crippen molar-refractivity contribution in [1.29, 1.82) is 0 Å². The van der Waals surface area contributed by atoms with Gasteiger partial charge in [-0.3, -0.25) is 4.79 Å². The number of benzene rings is 2. The van der Waals surface area contributed by atoms with Gasteiger partial charge in [-0.1, -0.05) is 51.1 Å². The van der Waals surface area contributed by atoms with E-state index in [1.807, 2.05) is 36.4 Å². The molecular formula is C22H25NO4S. The first kappa shape index (κ1) is 19.0. The minimum absolute atomic E-state index is 0.0774. The normalized spacial score (nSPS) is 26.8. The molecule has 1 amide bonds. The fourth-order valence-corrected chi connectivity index (χ4v) is 6.03. The minimum Gasteiger partial charge on any atom is -0.468 e. The smallest absolute Gasteiger partial charge is 0.242 e. The average Bonchev–Trinajstić information content (AvgIpc) is 2.60. The molecule has 1 fully saturated rings.